The normalized spacial score (nSPS) is 9.81. The van der Waals surface area contributed by atoms with Crippen LogP contribution < -0.4 is 10.5 Å². The number of anilines is 1. The average Bonchev–Trinajstić information content (AvgIpc) is 2.19. The van der Waals surface area contributed by atoms with Crippen LogP contribution in [0.2, 0.25) is 0 Å². The number of carboxylic acid groups (broad SMARTS) is 1. The number of hydrogen-bond donors (Lipinski definition) is 2. The molecule has 1 aromatic rings. The summed E-state index contributed by atoms with van der Waals surface area (Å²) < 4.78 is 5.17. The lowest BCUT2D eigenvalue weighted by Crippen LogP contribution is -2.06. The summed E-state index contributed by atoms with van der Waals surface area (Å²) in [6.45, 7) is 1.48. The van der Waals surface area contributed by atoms with Crippen LogP contribution in [0.1, 0.15) is 23.7 Å². The maximum atomic E-state index is 11.2. The number of Topliss-reactive ketones (excluding diaryl/α,β-unsaturated/α-hetero) is 1. The Morgan fingerprint density at radius 2 is 2.12 bits per heavy atom. The molecular formula is C11H13NO4. The minimum absolute atomic E-state index is 0.0661. The van der Waals surface area contributed by atoms with Crippen molar-refractivity contribution < 1.29 is 19.4 Å². The molecule has 0 aliphatic carbocycles. The molecule has 0 spiro atoms. The summed E-state index contributed by atoms with van der Waals surface area (Å²) in [4.78, 5) is 21.4. The van der Waals surface area contributed by atoms with Crippen LogP contribution in [0.25, 0.3) is 0 Å². The predicted molar refractivity (Wildman–Crippen MR) is 58.6 cm³/mol. The third-order valence-corrected chi connectivity index (χ3v) is 1.99. The lowest BCUT2D eigenvalue weighted by atomic mass is 10.1. The van der Waals surface area contributed by atoms with Gasteiger partial charge in [-0.2, -0.15) is 0 Å². The van der Waals surface area contributed by atoms with Crippen LogP contribution in [0.15, 0.2) is 18.2 Å². The molecule has 0 aliphatic heterocycles. The number of ketones is 1. The Morgan fingerprint density at radius 3 is 2.69 bits per heavy atom. The molecule has 0 bridgehead atoms. The summed E-state index contributed by atoms with van der Waals surface area (Å²) in [5.41, 5.74) is 6.37. The average molecular weight is 223 g/mol. The van der Waals surface area contributed by atoms with E-state index in [9.17, 15) is 9.59 Å². The van der Waals surface area contributed by atoms with Gasteiger partial charge in [0.15, 0.2) is 5.78 Å². The van der Waals surface area contributed by atoms with Gasteiger partial charge >= 0.3 is 5.97 Å². The van der Waals surface area contributed by atoms with Gasteiger partial charge < -0.3 is 15.6 Å². The molecule has 5 heteroatoms. The molecule has 0 aromatic heterocycles. The first-order chi connectivity index (χ1) is 7.50. The molecule has 0 radical (unpaired) electrons. The number of nitrogens with two attached hydrogens (primary N) is 1. The second-order valence-electron chi connectivity index (χ2n) is 3.30. The van der Waals surface area contributed by atoms with Gasteiger partial charge in [0, 0.05) is 11.3 Å². The zero-order valence-corrected chi connectivity index (χ0v) is 8.90. The highest BCUT2D eigenvalue weighted by Gasteiger charge is 2.06. The monoisotopic (exact) mass is 223 g/mol. The van der Waals surface area contributed by atoms with Gasteiger partial charge in [0.25, 0.3) is 0 Å². The SMILES string of the molecule is CC(=O)c1cc(OCCC(=O)O)ccc1N. The molecule has 0 fully saturated rings. The van der Waals surface area contributed by atoms with Crippen LogP contribution in [-0.2, 0) is 4.79 Å². The predicted octanol–water partition coefficient (Wildman–Crippen LogP) is 1.32. The van der Waals surface area contributed by atoms with Gasteiger partial charge in [0.2, 0.25) is 0 Å². The molecule has 1 aromatic carbocycles. The number of benzene rings is 1. The number of carboxylic acids is 1. The van der Waals surface area contributed by atoms with Crippen LogP contribution in [0.4, 0.5) is 5.69 Å². The first kappa shape index (κ1) is 12.0. The van der Waals surface area contributed by atoms with E-state index in [1.54, 1.807) is 12.1 Å². The topological polar surface area (TPSA) is 89.6 Å². The summed E-state index contributed by atoms with van der Waals surface area (Å²) in [7, 11) is 0. The minimum Gasteiger partial charge on any atom is -0.493 e. The summed E-state index contributed by atoms with van der Waals surface area (Å²) in [5.74, 6) is -0.635. The van der Waals surface area contributed by atoms with Crippen molar-refractivity contribution in [3.05, 3.63) is 23.8 Å². The molecule has 0 atom stereocenters. The fourth-order valence-electron chi connectivity index (χ4n) is 1.19. The van der Waals surface area contributed by atoms with Crippen LogP contribution in [0.3, 0.4) is 0 Å². The maximum absolute atomic E-state index is 11.2. The molecule has 86 valence electrons. The molecule has 3 N–H and O–H groups in total. The van der Waals surface area contributed by atoms with Crippen LogP contribution in [-0.4, -0.2) is 23.5 Å². The van der Waals surface area contributed by atoms with Gasteiger partial charge in [-0.3, -0.25) is 9.59 Å². The van der Waals surface area contributed by atoms with Gasteiger partial charge in [0.1, 0.15) is 5.75 Å². The number of nitrogen functional groups attached to an aromatic ring is 1. The van der Waals surface area contributed by atoms with E-state index in [-0.39, 0.29) is 18.8 Å². The Balaban J connectivity index is 2.71. The van der Waals surface area contributed by atoms with E-state index in [1.165, 1.54) is 13.0 Å². The fourth-order valence-corrected chi connectivity index (χ4v) is 1.19. The first-order valence-electron chi connectivity index (χ1n) is 4.75. The molecule has 0 aliphatic rings. The molecular weight excluding hydrogens is 210 g/mol. The highest BCUT2D eigenvalue weighted by molar-refractivity contribution is 5.99. The molecule has 0 heterocycles. The Kier molecular flexibility index (Phi) is 3.88. The van der Waals surface area contributed by atoms with Crippen molar-refractivity contribution in [3.63, 3.8) is 0 Å². The summed E-state index contributed by atoms with van der Waals surface area (Å²) in [6.07, 6.45) is -0.0836. The van der Waals surface area contributed by atoms with E-state index in [2.05, 4.69) is 0 Å². The molecule has 0 unspecified atom stereocenters. The highest BCUT2D eigenvalue weighted by Crippen LogP contribution is 2.20. The van der Waals surface area contributed by atoms with Crippen molar-refractivity contribution >= 4 is 17.4 Å². The fraction of sp³-hybridized carbons (Fsp3) is 0.273. The number of carbonyl (C=O) groups is 2. The molecule has 0 saturated carbocycles. The third kappa shape index (κ3) is 3.27. The van der Waals surface area contributed by atoms with Crippen molar-refractivity contribution in [2.75, 3.05) is 12.3 Å². The number of rotatable bonds is 5. The number of carbonyl (C=O) groups excluding carboxylic acids is 1. The zero-order valence-electron chi connectivity index (χ0n) is 8.90. The van der Waals surface area contributed by atoms with Crippen molar-refractivity contribution in [3.8, 4) is 5.75 Å². The van der Waals surface area contributed by atoms with Gasteiger partial charge in [-0.15, -0.1) is 0 Å². The lowest BCUT2D eigenvalue weighted by Gasteiger charge is -2.07. The second-order valence-corrected chi connectivity index (χ2v) is 3.30. The Hall–Kier alpha value is -2.04. The van der Waals surface area contributed by atoms with Gasteiger partial charge in [0.05, 0.1) is 13.0 Å². The first-order valence-corrected chi connectivity index (χ1v) is 4.75. The Labute approximate surface area is 92.8 Å². The Bertz CT molecular complexity index is 414. The number of hydrogen-bond acceptors (Lipinski definition) is 4. The maximum Gasteiger partial charge on any atom is 0.306 e. The third-order valence-electron chi connectivity index (χ3n) is 1.99. The largest absolute Gasteiger partial charge is 0.493 e. The summed E-state index contributed by atoms with van der Waals surface area (Å²) in [6, 6.07) is 4.68. The summed E-state index contributed by atoms with van der Waals surface area (Å²) >= 11 is 0. The Morgan fingerprint density at radius 1 is 1.44 bits per heavy atom. The van der Waals surface area contributed by atoms with E-state index in [4.69, 9.17) is 15.6 Å². The molecule has 0 amide bonds. The highest BCUT2D eigenvalue weighted by atomic mass is 16.5. The van der Waals surface area contributed by atoms with E-state index in [0.29, 0.717) is 17.0 Å². The summed E-state index contributed by atoms with van der Waals surface area (Å²) in [5, 5.41) is 8.42. The molecule has 1 rings (SSSR count). The van der Waals surface area contributed by atoms with Crippen molar-refractivity contribution in [2.45, 2.75) is 13.3 Å². The lowest BCUT2D eigenvalue weighted by molar-refractivity contribution is -0.137. The van der Waals surface area contributed by atoms with Gasteiger partial charge in [-0.05, 0) is 25.1 Å². The molecule has 0 saturated heterocycles. The van der Waals surface area contributed by atoms with E-state index < -0.39 is 5.97 Å². The van der Waals surface area contributed by atoms with E-state index >= 15 is 0 Å². The van der Waals surface area contributed by atoms with Crippen LogP contribution in [0, 0.1) is 0 Å². The smallest absolute Gasteiger partial charge is 0.306 e. The van der Waals surface area contributed by atoms with Crippen molar-refractivity contribution in [1.82, 2.24) is 0 Å². The minimum atomic E-state index is -0.928. The van der Waals surface area contributed by atoms with E-state index in [0.717, 1.165) is 0 Å². The number of aliphatic carboxylic acids is 1. The molecule has 5 nitrogen and oxygen atoms in total. The standard InChI is InChI=1S/C11H13NO4/c1-7(13)9-6-8(2-3-10(9)12)16-5-4-11(14)15/h2-3,6H,4-5,12H2,1H3,(H,14,15). The van der Waals surface area contributed by atoms with Crippen molar-refractivity contribution in [2.24, 2.45) is 0 Å². The quantitative estimate of drug-likeness (QED) is 0.580. The van der Waals surface area contributed by atoms with Crippen LogP contribution >= 0.6 is 0 Å². The van der Waals surface area contributed by atoms with Gasteiger partial charge in [-0.1, -0.05) is 0 Å². The number of ether oxygens (including phenoxy) is 1. The van der Waals surface area contributed by atoms with E-state index in [1.807, 2.05) is 0 Å². The zero-order chi connectivity index (χ0) is 12.1. The van der Waals surface area contributed by atoms with Gasteiger partial charge in [-0.25, -0.2) is 0 Å². The van der Waals surface area contributed by atoms with Crippen LogP contribution in [0.5, 0.6) is 5.75 Å². The molecule has 16 heavy (non-hydrogen) atoms. The van der Waals surface area contributed by atoms with Crippen molar-refractivity contribution in [1.29, 1.82) is 0 Å². The second kappa shape index (κ2) is 5.16.